The molecule has 94 valence electrons. The average Bonchev–Trinajstić information content (AvgIpc) is 2.33. The van der Waals surface area contributed by atoms with Crippen LogP contribution >= 0.6 is 39.1 Å². The van der Waals surface area contributed by atoms with E-state index in [1.165, 1.54) is 0 Å². The molecule has 0 radical (unpaired) electrons. The second-order valence-corrected chi connectivity index (χ2v) is 5.59. The third-order valence-corrected chi connectivity index (χ3v) is 4.19. The van der Waals surface area contributed by atoms with Crippen LogP contribution in [0, 0.1) is 5.92 Å². The summed E-state index contributed by atoms with van der Waals surface area (Å²) in [7, 11) is 0. The van der Waals surface area contributed by atoms with E-state index in [4.69, 9.17) is 27.9 Å². The first kappa shape index (κ1) is 13.4. The Hall–Kier alpha value is -0.0300. The second kappa shape index (κ2) is 6.23. The van der Waals surface area contributed by atoms with E-state index in [9.17, 15) is 0 Å². The number of hydrogen-bond acceptors (Lipinski definition) is 3. The molecular formula is C11H13BrCl2N2O. The van der Waals surface area contributed by atoms with E-state index in [2.05, 4.69) is 26.2 Å². The number of rotatable bonds is 3. The molecule has 1 aromatic heterocycles. The minimum Gasteiger partial charge on any atom is -0.381 e. The van der Waals surface area contributed by atoms with Gasteiger partial charge in [-0.2, -0.15) is 0 Å². The number of hydrogen-bond donors (Lipinski definition) is 1. The lowest BCUT2D eigenvalue weighted by Crippen LogP contribution is -2.23. The van der Waals surface area contributed by atoms with Crippen LogP contribution in [0.3, 0.4) is 0 Å². The molecule has 6 heteroatoms. The van der Waals surface area contributed by atoms with E-state index in [1.807, 2.05) is 0 Å². The number of pyridine rings is 1. The molecule has 0 bridgehead atoms. The number of nitrogens with one attached hydrogen (secondary N) is 1. The Labute approximate surface area is 119 Å². The molecule has 0 unspecified atom stereocenters. The molecular weight excluding hydrogens is 327 g/mol. The molecule has 2 rings (SSSR count). The third-order valence-electron chi connectivity index (χ3n) is 2.79. The lowest BCUT2D eigenvalue weighted by atomic mass is 10.0. The van der Waals surface area contributed by atoms with Gasteiger partial charge in [0, 0.05) is 19.8 Å². The fraction of sp³-hybridized carbons (Fsp3) is 0.545. The lowest BCUT2D eigenvalue weighted by molar-refractivity contribution is 0.0699. The van der Waals surface area contributed by atoms with Gasteiger partial charge in [-0.3, -0.25) is 0 Å². The molecule has 0 spiro atoms. The maximum Gasteiger partial charge on any atom is 0.146 e. The summed E-state index contributed by atoms with van der Waals surface area (Å²) < 4.78 is 5.93. The number of aromatic nitrogens is 1. The summed E-state index contributed by atoms with van der Waals surface area (Å²) in [5.41, 5.74) is 0. The average molecular weight is 340 g/mol. The summed E-state index contributed by atoms with van der Waals surface area (Å²) in [5, 5.41) is 4.33. The Balaban J connectivity index is 1.96. The Morgan fingerprint density at radius 1 is 1.35 bits per heavy atom. The molecule has 1 fully saturated rings. The van der Waals surface area contributed by atoms with Crippen LogP contribution in [0.5, 0.6) is 0 Å². The Morgan fingerprint density at radius 3 is 2.76 bits per heavy atom. The monoisotopic (exact) mass is 338 g/mol. The van der Waals surface area contributed by atoms with Crippen molar-refractivity contribution in [1.82, 2.24) is 4.98 Å². The first-order valence-electron chi connectivity index (χ1n) is 5.50. The lowest BCUT2D eigenvalue weighted by Gasteiger charge is -2.22. The van der Waals surface area contributed by atoms with Gasteiger partial charge in [-0.05, 0) is 40.8 Å². The topological polar surface area (TPSA) is 34.1 Å². The molecule has 0 saturated carbocycles. The third kappa shape index (κ3) is 3.71. The molecule has 1 aliphatic heterocycles. The van der Waals surface area contributed by atoms with Crippen molar-refractivity contribution in [3.8, 4) is 0 Å². The zero-order valence-electron chi connectivity index (χ0n) is 9.18. The smallest absolute Gasteiger partial charge is 0.146 e. The Kier molecular flexibility index (Phi) is 4.91. The minimum atomic E-state index is 0.520. The first-order valence-corrected chi connectivity index (χ1v) is 7.05. The highest BCUT2D eigenvalue weighted by Gasteiger charge is 2.14. The largest absolute Gasteiger partial charge is 0.381 e. The van der Waals surface area contributed by atoms with Crippen molar-refractivity contribution >= 4 is 44.9 Å². The van der Waals surface area contributed by atoms with Crippen LogP contribution in [0.4, 0.5) is 5.82 Å². The van der Waals surface area contributed by atoms with Crippen molar-refractivity contribution in [3.05, 3.63) is 20.7 Å². The van der Waals surface area contributed by atoms with E-state index >= 15 is 0 Å². The van der Waals surface area contributed by atoms with Gasteiger partial charge in [0.05, 0.1) is 10.0 Å². The van der Waals surface area contributed by atoms with Crippen LogP contribution < -0.4 is 5.32 Å². The summed E-state index contributed by atoms with van der Waals surface area (Å²) >= 11 is 15.2. The number of halogens is 3. The van der Waals surface area contributed by atoms with Gasteiger partial charge < -0.3 is 10.1 Å². The zero-order chi connectivity index (χ0) is 12.3. The molecule has 1 aliphatic rings. The highest BCUT2D eigenvalue weighted by molar-refractivity contribution is 9.10. The standard InChI is InChI=1S/C11H13BrCl2N2O/c12-10-8(13)5-9(14)11(16-10)15-6-7-1-3-17-4-2-7/h5,7H,1-4,6H2,(H,15,16). The fourth-order valence-corrected chi connectivity index (χ4v) is 2.48. The summed E-state index contributed by atoms with van der Waals surface area (Å²) in [6, 6.07) is 1.69. The van der Waals surface area contributed by atoms with Crippen molar-refractivity contribution in [2.24, 2.45) is 5.92 Å². The Bertz CT molecular complexity index is 397. The maximum absolute atomic E-state index is 6.06. The van der Waals surface area contributed by atoms with E-state index in [-0.39, 0.29) is 0 Å². The summed E-state index contributed by atoms with van der Waals surface area (Å²) in [6.45, 7) is 2.56. The first-order chi connectivity index (χ1) is 8.16. The van der Waals surface area contributed by atoms with Gasteiger partial charge in [0.15, 0.2) is 0 Å². The van der Waals surface area contributed by atoms with Crippen LogP contribution in [0.1, 0.15) is 12.8 Å². The molecule has 2 heterocycles. The van der Waals surface area contributed by atoms with Crippen molar-refractivity contribution in [3.63, 3.8) is 0 Å². The second-order valence-electron chi connectivity index (χ2n) is 4.03. The van der Waals surface area contributed by atoms with Crippen LogP contribution in [-0.2, 0) is 4.74 Å². The highest BCUT2D eigenvalue weighted by Crippen LogP contribution is 2.29. The highest BCUT2D eigenvalue weighted by atomic mass is 79.9. The Morgan fingerprint density at radius 2 is 2.06 bits per heavy atom. The quantitative estimate of drug-likeness (QED) is 0.845. The van der Waals surface area contributed by atoms with E-state index in [0.29, 0.717) is 26.4 Å². The van der Waals surface area contributed by atoms with Gasteiger partial charge in [0.1, 0.15) is 10.4 Å². The zero-order valence-corrected chi connectivity index (χ0v) is 12.3. The SMILES string of the molecule is Clc1cc(Cl)c(NCC2CCOCC2)nc1Br. The van der Waals surface area contributed by atoms with Gasteiger partial charge in [-0.15, -0.1) is 0 Å². The van der Waals surface area contributed by atoms with Gasteiger partial charge in [0.25, 0.3) is 0 Å². The predicted octanol–water partition coefficient (Wildman–Crippen LogP) is 3.99. The van der Waals surface area contributed by atoms with Crippen LogP contribution in [-0.4, -0.2) is 24.7 Å². The number of anilines is 1. The molecule has 17 heavy (non-hydrogen) atoms. The van der Waals surface area contributed by atoms with Crippen LogP contribution in [0.15, 0.2) is 10.7 Å². The van der Waals surface area contributed by atoms with E-state index in [0.717, 1.165) is 32.6 Å². The van der Waals surface area contributed by atoms with Gasteiger partial charge in [-0.1, -0.05) is 23.2 Å². The molecule has 0 aromatic carbocycles. The van der Waals surface area contributed by atoms with Crippen LogP contribution in [0.25, 0.3) is 0 Å². The molecule has 1 N–H and O–H groups in total. The molecule has 3 nitrogen and oxygen atoms in total. The van der Waals surface area contributed by atoms with Crippen molar-refractivity contribution in [2.45, 2.75) is 12.8 Å². The van der Waals surface area contributed by atoms with E-state index in [1.54, 1.807) is 6.07 Å². The molecule has 0 atom stereocenters. The molecule has 0 aliphatic carbocycles. The van der Waals surface area contributed by atoms with E-state index < -0.39 is 0 Å². The fourth-order valence-electron chi connectivity index (χ4n) is 1.76. The summed E-state index contributed by atoms with van der Waals surface area (Å²) in [6.07, 6.45) is 2.17. The van der Waals surface area contributed by atoms with Crippen molar-refractivity contribution in [2.75, 3.05) is 25.1 Å². The van der Waals surface area contributed by atoms with Crippen LogP contribution in [0.2, 0.25) is 10.0 Å². The van der Waals surface area contributed by atoms with Gasteiger partial charge >= 0.3 is 0 Å². The minimum absolute atomic E-state index is 0.520. The van der Waals surface area contributed by atoms with Crippen molar-refractivity contribution < 1.29 is 4.74 Å². The molecule has 1 aromatic rings. The molecule has 0 amide bonds. The van der Waals surface area contributed by atoms with Gasteiger partial charge in [-0.25, -0.2) is 4.98 Å². The number of nitrogens with zero attached hydrogens (tertiary/aromatic N) is 1. The summed E-state index contributed by atoms with van der Waals surface area (Å²) in [5.74, 6) is 1.30. The predicted molar refractivity (Wildman–Crippen MR) is 74.0 cm³/mol. The normalized spacial score (nSPS) is 17.1. The number of ether oxygens (including phenoxy) is 1. The van der Waals surface area contributed by atoms with Gasteiger partial charge in [0.2, 0.25) is 0 Å². The maximum atomic E-state index is 6.06. The summed E-state index contributed by atoms with van der Waals surface area (Å²) in [4.78, 5) is 4.27. The molecule has 1 saturated heterocycles. The van der Waals surface area contributed by atoms with Crippen molar-refractivity contribution in [1.29, 1.82) is 0 Å².